The quantitative estimate of drug-likeness (QED) is 0.528. The molecule has 1 aliphatic rings. The van der Waals surface area contributed by atoms with E-state index in [1.54, 1.807) is 12.1 Å². The van der Waals surface area contributed by atoms with Crippen molar-refractivity contribution in [3.05, 3.63) is 75.1 Å². The summed E-state index contributed by atoms with van der Waals surface area (Å²) in [7, 11) is 0. The van der Waals surface area contributed by atoms with Crippen molar-refractivity contribution in [3.63, 3.8) is 0 Å². The van der Waals surface area contributed by atoms with Crippen LogP contribution in [0.4, 0.5) is 14.9 Å². The van der Waals surface area contributed by atoms with Crippen molar-refractivity contribution in [1.82, 2.24) is 4.90 Å². The molecule has 1 fully saturated rings. The number of carboxylic acids is 1. The lowest BCUT2D eigenvalue weighted by atomic mass is 9.67. The number of hydrogen-bond donors (Lipinski definition) is 2. The summed E-state index contributed by atoms with van der Waals surface area (Å²) in [5.74, 6) is -2.12. The summed E-state index contributed by atoms with van der Waals surface area (Å²) in [5, 5.41) is 30.9. The Balaban J connectivity index is 2.06. The van der Waals surface area contributed by atoms with Crippen LogP contribution in [0.5, 0.6) is 0 Å². The minimum absolute atomic E-state index is 0.0230. The second-order valence-electron chi connectivity index (χ2n) is 8.01. The highest BCUT2D eigenvalue weighted by atomic mass is 19.1. The van der Waals surface area contributed by atoms with E-state index in [0.29, 0.717) is 23.1 Å². The van der Waals surface area contributed by atoms with Gasteiger partial charge in [0.15, 0.2) is 0 Å². The van der Waals surface area contributed by atoms with Gasteiger partial charge in [0.05, 0.1) is 16.4 Å². The molecule has 2 aromatic carbocycles. The first-order chi connectivity index (χ1) is 14.6. The van der Waals surface area contributed by atoms with Gasteiger partial charge in [-0.3, -0.25) is 19.8 Å². The highest BCUT2D eigenvalue weighted by molar-refractivity contribution is 5.78. The van der Waals surface area contributed by atoms with E-state index in [1.165, 1.54) is 37.3 Å². The maximum atomic E-state index is 14.4. The lowest BCUT2D eigenvalue weighted by molar-refractivity contribution is -0.384. The zero-order chi connectivity index (χ0) is 22.9. The third kappa shape index (κ3) is 4.08. The number of likely N-dealkylation sites (tertiary alicyclic amines) is 1. The van der Waals surface area contributed by atoms with Gasteiger partial charge < -0.3 is 10.2 Å². The maximum Gasteiger partial charge on any atom is 0.407 e. The number of carboxylic acid groups (broad SMARTS) is 2. The predicted molar refractivity (Wildman–Crippen MR) is 109 cm³/mol. The summed E-state index contributed by atoms with van der Waals surface area (Å²) in [6.45, 7) is 3.26. The van der Waals surface area contributed by atoms with Crippen molar-refractivity contribution < 1.29 is 29.1 Å². The molecule has 0 aromatic heterocycles. The second-order valence-corrected chi connectivity index (χ2v) is 8.01. The average Bonchev–Trinajstić information content (AvgIpc) is 2.73. The van der Waals surface area contributed by atoms with E-state index in [2.05, 4.69) is 0 Å². The van der Waals surface area contributed by atoms with Crippen molar-refractivity contribution >= 4 is 17.7 Å². The highest BCUT2D eigenvalue weighted by Crippen LogP contribution is 2.50. The SMILES string of the molecule is CCc1ccc(C2CN(C(=O)O)C(c3ccc([N+](=O)[O-])cc3)C(C)(C(=O)O)C2)cc1F. The Morgan fingerprint density at radius 3 is 2.29 bits per heavy atom. The van der Waals surface area contributed by atoms with Crippen LogP contribution in [0.25, 0.3) is 0 Å². The van der Waals surface area contributed by atoms with E-state index in [0.717, 1.165) is 4.90 Å². The zero-order valence-corrected chi connectivity index (χ0v) is 17.1. The molecule has 8 nitrogen and oxygen atoms in total. The molecule has 3 atom stereocenters. The summed E-state index contributed by atoms with van der Waals surface area (Å²) < 4.78 is 14.4. The molecule has 1 aliphatic heterocycles. The van der Waals surface area contributed by atoms with Gasteiger partial charge in [-0.15, -0.1) is 0 Å². The van der Waals surface area contributed by atoms with Gasteiger partial charge in [0, 0.05) is 24.6 Å². The lowest BCUT2D eigenvalue weighted by Gasteiger charge is -2.48. The molecule has 0 saturated carbocycles. The Bertz CT molecular complexity index is 1030. The van der Waals surface area contributed by atoms with Crippen LogP contribution in [0, 0.1) is 21.3 Å². The molecule has 0 aliphatic carbocycles. The molecule has 2 aromatic rings. The zero-order valence-electron chi connectivity index (χ0n) is 17.1. The van der Waals surface area contributed by atoms with Crippen LogP contribution in [0.15, 0.2) is 42.5 Å². The highest BCUT2D eigenvalue weighted by Gasteiger charge is 2.52. The molecular formula is C22H23FN2O6. The van der Waals surface area contributed by atoms with Crippen LogP contribution in [0.1, 0.15) is 48.9 Å². The van der Waals surface area contributed by atoms with Crippen LogP contribution in [-0.4, -0.2) is 38.6 Å². The summed E-state index contributed by atoms with van der Waals surface area (Å²) in [6.07, 6.45) is -0.725. The van der Waals surface area contributed by atoms with Crippen LogP contribution < -0.4 is 0 Å². The number of nitro groups is 1. The van der Waals surface area contributed by atoms with Crippen molar-refractivity contribution in [1.29, 1.82) is 0 Å². The van der Waals surface area contributed by atoms with Gasteiger partial charge in [0.1, 0.15) is 5.82 Å². The monoisotopic (exact) mass is 430 g/mol. The van der Waals surface area contributed by atoms with Crippen LogP contribution >= 0.6 is 0 Å². The summed E-state index contributed by atoms with van der Waals surface area (Å²) in [6, 6.07) is 8.85. The summed E-state index contributed by atoms with van der Waals surface area (Å²) in [5.41, 5.74) is -0.293. The fourth-order valence-corrected chi connectivity index (χ4v) is 4.42. The van der Waals surface area contributed by atoms with Crippen molar-refractivity contribution in [2.75, 3.05) is 6.54 Å². The number of benzene rings is 2. The standard InChI is InChI=1S/C22H23FN2O6/c1-3-13-4-5-15(10-18(13)23)16-11-22(2,20(26)27)19(24(12-16)21(28)29)14-6-8-17(9-7-14)25(30)31/h4-10,16,19H,3,11-12H2,1-2H3,(H,26,27)(H,28,29). The number of hydrogen-bond acceptors (Lipinski definition) is 4. The first-order valence-corrected chi connectivity index (χ1v) is 9.84. The second kappa shape index (κ2) is 8.33. The smallest absolute Gasteiger partial charge is 0.407 e. The predicted octanol–water partition coefficient (Wildman–Crippen LogP) is 4.60. The van der Waals surface area contributed by atoms with Crippen molar-refractivity contribution in [2.45, 2.75) is 38.6 Å². The Kier molecular flexibility index (Phi) is 5.97. The molecule has 1 amide bonds. The topological polar surface area (TPSA) is 121 Å². The fraction of sp³-hybridized carbons (Fsp3) is 0.364. The molecule has 0 spiro atoms. The van der Waals surface area contributed by atoms with Crippen molar-refractivity contribution in [3.8, 4) is 0 Å². The normalized spacial score (nSPS) is 23.4. The minimum Gasteiger partial charge on any atom is -0.481 e. The Morgan fingerprint density at radius 1 is 1.19 bits per heavy atom. The Morgan fingerprint density at radius 2 is 1.81 bits per heavy atom. The number of aryl methyl sites for hydroxylation is 1. The summed E-state index contributed by atoms with van der Waals surface area (Å²) in [4.78, 5) is 35.9. The molecule has 1 saturated heterocycles. The van der Waals surface area contributed by atoms with E-state index in [9.17, 15) is 34.3 Å². The van der Waals surface area contributed by atoms with E-state index >= 15 is 0 Å². The maximum absolute atomic E-state index is 14.4. The van der Waals surface area contributed by atoms with Crippen molar-refractivity contribution in [2.24, 2.45) is 5.41 Å². The van der Waals surface area contributed by atoms with E-state index in [4.69, 9.17) is 0 Å². The number of halogens is 1. The van der Waals surface area contributed by atoms with E-state index < -0.39 is 40.2 Å². The third-order valence-corrected chi connectivity index (χ3v) is 6.09. The molecular weight excluding hydrogens is 407 g/mol. The first-order valence-electron chi connectivity index (χ1n) is 9.84. The largest absolute Gasteiger partial charge is 0.481 e. The number of nitrogens with zero attached hydrogens (tertiary/aromatic N) is 2. The first kappa shape index (κ1) is 22.2. The fourth-order valence-electron chi connectivity index (χ4n) is 4.42. The third-order valence-electron chi connectivity index (χ3n) is 6.09. The molecule has 2 N–H and O–H groups in total. The number of rotatable bonds is 5. The van der Waals surface area contributed by atoms with Gasteiger partial charge in [-0.1, -0.05) is 31.2 Å². The van der Waals surface area contributed by atoms with Gasteiger partial charge in [-0.25, -0.2) is 9.18 Å². The number of nitro benzene ring substituents is 1. The molecule has 0 radical (unpaired) electrons. The number of aliphatic carboxylic acids is 1. The summed E-state index contributed by atoms with van der Waals surface area (Å²) >= 11 is 0. The number of piperidine rings is 1. The molecule has 1 heterocycles. The van der Waals surface area contributed by atoms with Gasteiger partial charge in [0.25, 0.3) is 5.69 Å². The van der Waals surface area contributed by atoms with Gasteiger partial charge >= 0.3 is 12.1 Å². The molecule has 3 unspecified atom stereocenters. The van der Waals surface area contributed by atoms with E-state index in [-0.39, 0.29) is 18.7 Å². The van der Waals surface area contributed by atoms with Gasteiger partial charge in [-0.2, -0.15) is 0 Å². The molecule has 164 valence electrons. The van der Waals surface area contributed by atoms with Gasteiger partial charge in [-0.05, 0) is 42.5 Å². The minimum atomic E-state index is -1.53. The molecule has 0 bridgehead atoms. The van der Waals surface area contributed by atoms with Crippen LogP contribution in [-0.2, 0) is 11.2 Å². The van der Waals surface area contributed by atoms with Crippen LogP contribution in [0.3, 0.4) is 0 Å². The molecule has 31 heavy (non-hydrogen) atoms. The number of carbonyl (C=O) groups is 2. The van der Waals surface area contributed by atoms with E-state index in [1.807, 2.05) is 6.92 Å². The number of amides is 1. The molecule has 3 rings (SSSR count). The Labute approximate surface area is 178 Å². The number of non-ortho nitro benzene ring substituents is 1. The van der Waals surface area contributed by atoms with Gasteiger partial charge in [0.2, 0.25) is 0 Å². The lowest BCUT2D eigenvalue weighted by Crippen LogP contribution is -2.53. The molecule has 9 heteroatoms. The average molecular weight is 430 g/mol. The Hall–Kier alpha value is -3.49. The van der Waals surface area contributed by atoms with Crippen LogP contribution in [0.2, 0.25) is 0 Å².